The van der Waals surface area contributed by atoms with E-state index in [9.17, 15) is 22.8 Å². The smallest absolute Gasteiger partial charge is 0.380 e. The third kappa shape index (κ3) is 4.99. The zero-order valence-corrected chi connectivity index (χ0v) is 21.3. The normalized spacial score (nSPS) is 19.1. The van der Waals surface area contributed by atoms with Crippen LogP contribution in [0.25, 0.3) is 22.0 Å². The van der Waals surface area contributed by atoms with Gasteiger partial charge in [-0.05, 0) is 60.4 Å². The van der Waals surface area contributed by atoms with Crippen molar-refractivity contribution in [2.75, 3.05) is 5.32 Å². The van der Waals surface area contributed by atoms with Gasteiger partial charge < -0.3 is 15.2 Å². The van der Waals surface area contributed by atoms with Crippen LogP contribution >= 0.6 is 0 Å². The predicted molar refractivity (Wildman–Crippen MR) is 141 cm³/mol. The number of benzene rings is 1. The van der Waals surface area contributed by atoms with Gasteiger partial charge in [0.15, 0.2) is 0 Å². The fourth-order valence-electron chi connectivity index (χ4n) is 5.83. The maximum atomic E-state index is 15.2. The van der Waals surface area contributed by atoms with E-state index in [1.54, 1.807) is 24.4 Å². The van der Waals surface area contributed by atoms with Crippen LogP contribution in [0.1, 0.15) is 42.5 Å². The molecule has 40 heavy (non-hydrogen) atoms. The predicted octanol–water partition coefficient (Wildman–Crippen LogP) is 4.58. The first-order valence-electron chi connectivity index (χ1n) is 13.1. The molecule has 6 rings (SSSR count). The topological polar surface area (TPSA) is 105 Å². The van der Waals surface area contributed by atoms with Gasteiger partial charge in [0.05, 0.1) is 28.7 Å². The maximum absolute atomic E-state index is 15.2. The summed E-state index contributed by atoms with van der Waals surface area (Å²) in [6.45, 7) is 1.71. The molecule has 12 heteroatoms. The van der Waals surface area contributed by atoms with Crippen molar-refractivity contribution in [3.05, 3.63) is 86.1 Å². The second kappa shape index (κ2) is 10.2. The third-order valence-electron chi connectivity index (χ3n) is 7.75. The Morgan fingerprint density at radius 3 is 2.77 bits per heavy atom. The molecule has 4 heterocycles. The van der Waals surface area contributed by atoms with Gasteiger partial charge in [-0.2, -0.15) is 18.3 Å². The third-order valence-corrected chi connectivity index (χ3v) is 7.75. The number of halogens is 4. The van der Waals surface area contributed by atoms with Crippen LogP contribution in [-0.4, -0.2) is 25.8 Å². The largest absolute Gasteiger partial charge is 0.423 e. The van der Waals surface area contributed by atoms with Gasteiger partial charge in [-0.25, -0.2) is 9.49 Å². The van der Waals surface area contributed by atoms with E-state index in [-0.39, 0.29) is 28.6 Å². The maximum Gasteiger partial charge on any atom is 0.423 e. The highest BCUT2D eigenvalue weighted by Crippen LogP contribution is 2.34. The van der Waals surface area contributed by atoms with Crippen LogP contribution in [0.2, 0.25) is 0 Å². The number of hydrogen-bond acceptors (Lipinski definition) is 6. The molecule has 4 aromatic rings. The summed E-state index contributed by atoms with van der Waals surface area (Å²) in [7, 11) is 0. The molecule has 2 atom stereocenters. The number of H-pyrrole nitrogens is 1. The molecule has 2 aliphatic rings. The van der Waals surface area contributed by atoms with Gasteiger partial charge in [-0.15, -0.1) is 0 Å². The standard InChI is InChI=1S/C28H26F4N6O2/c29-21-10-19-16(9-20(21)22-5-4-17-11-33-12-23(17)36-22)6-7-38(27(19)40)14-15-2-1-3-18(8-15)35-24-13-34-37-26(39)25(24)28(30,31)32/h4-7,9-10,13,15,18,33H,1-3,8,11-12,14H2,(H2,35,37,39)/t15-,18+/m1/s1. The van der Waals surface area contributed by atoms with Crippen LogP contribution in [0, 0.1) is 11.7 Å². The van der Waals surface area contributed by atoms with E-state index in [1.165, 1.54) is 10.6 Å². The van der Waals surface area contributed by atoms with Crippen LogP contribution in [0.3, 0.4) is 0 Å². The molecule has 0 amide bonds. The Labute approximate surface area is 225 Å². The van der Waals surface area contributed by atoms with E-state index in [1.807, 2.05) is 11.2 Å². The molecule has 3 aromatic heterocycles. The van der Waals surface area contributed by atoms with E-state index >= 15 is 4.39 Å². The number of nitrogens with zero attached hydrogens (tertiary/aromatic N) is 3. The van der Waals surface area contributed by atoms with Crippen LogP contribution < -0.4 is 21.8 Å². The van der Waals surface area contributed by atoms with Crippen molar-refractivity contribution < 1.29 is 17.6 Å². The van der Waals surface area contributed by atoms with E-state index in [0.717, 1.165) is 36.8 Å². The zero-order valence-electron chi connectivity index (χ0n) is 21.3. The lowest BCUT2D eigenvalue weighted by atomic mass is 9.85. The SMILES string of the molecule is O=c1[nH]ncc(N[C@H]2CCC[C@@H](Cn3ccc4cc(-c5ccc6c(n5)CNC6)c(F)cc4c3=O)C2)c1C(F)(F)F. The van der Waals surface area contributed by atoms with Crippen LogP contribution in [0.4, 0.5) is 23.2 Å². The van der Waals surface area contributed by atoms with E-state index in [4.69, 9.17) is 0 Å². The molecule has 1 fully saturated rings. The fourth-order valence-corrected chi connectivity index (χ4v) is 5.83. The Morgan fingerprint density at radius 1 is 1.10 bits per heavy atom. The van der Waals surface area contributed by atoms with Gasteiger partial charge in [0.1, 0.15) is 11.4 Å². The molecule has 1 saturated carbocycles. The molecule has 0 saturated heterocycles. The summed E-state index contributed by atoms with van der Waals surface area (Å²) < 4.78 is 57.1. The molecule has 0 spiro atoms. The number of nitrogens with one attached hydrogen (secondary N) is 3. The number of anilines is 1. The molecule has 3 N–H and O–H groups in total. The van der Waals surface area contributed by atoms with Gasteiger partial charge in [0.25, 0.3) is 11.1 Å². The number of fused-ring (bicyclic) bond motifs is 2. The van der Waals surface area contributed by atoms with Gasteiger partial charge in [-0.1, -0.05) is 12.5 Å². The van der Waals surface area contributed by atoms with Crippen molar-refractivity contribution in [1.29, 1.82) is 0 Å². The highest BCUT2D eigenvalue weighted by Gasteiger charge is 2.38. The summed E-state index contributed by atoms with van der Waals surface area (Å²) in [4.78, 5) is 29.7. The molecule has 0 radical (unpaired) electrons. The number of alkyl halides is 3. The first-order chi connectivity index (χ1) is 19.2. The Bertz CT molecular complexity index is 1710. The van der Waals surface area contributed by atoms with Gasteiger partial charge in [0, 0.05) is 37.4 Å². The van der Waals surface area contributed by atoms with Crippen molar-refractivity contribution in [3.63, 3.8) is 0 Å². The summed E-state index contributed by atoms with van der Waals surface area (Å²) in [5.74, 6) is -0.534. The number of pyridine rings is 2. The zero-order chi connectivity index (χ0) is 28.0. The quantitative estimate of drug-likeness (QED) is 0.312. The summed E-state index contributed by atoms with van der Waals surface area (Å²) in [5, 5.41) is 12.3. The molecule has 1 aliphatic heterocycles. The number of hydrogen-bond donors (Lipinski definition) is 3. The van der Waals surface area contributed by atoms with Gasteiger partial charge in [0.2, 0.25) is 0 Å². The Morgan fingerprint density at radius 2 is 1.95 bits per heavy atom. The second-order valence-corrected chi connectivity index (χ2v) is 10.5. The molecule has 0 bridgehead atoms. The minimum Gasteiger partial charge on any atom is -0.380 e. The van der Waals surface area contributed by atoms with Crippen LogP contribution in [0.5, 0.6) is 0 Å². The van der Waals surface area contributed by atoms with Crippen molar-refractivity contribution in [1.82, 2.24) is 25.1 Å². The van der Waals surface area contributed by atoms with E-state index < -0.39 is 23.1 Å². The average molecular weight is 555 g/mol. The highest BCUT2D eigenvalue weighted by atomic mass is 19.4. The molecule has 8 nitrogen and oxygen atoms in total. The van der Waals surface area contributed by atoms with Gasteiger partial charge in [-0.3, -0.25) is 14.6 Å². The lowest BCUT2D eigenvalue weighted by Crippen LogP contribution is -2.33. The van der Waals surface area contributed by atoms with E-state index in [0.29, 0.717) is 42.6 Å². The first-order valence-corrected chi connectivity index (χ1v) is 13.1. The van der Waals surface area contributed by atoms with Crippen molar-refractivity contribution in [2.24, 2.45) is 5.92 Å². The Kier molecular flexibility index (Phi) is 6.65. The molecule has 1 aliphatic carbocycles. The molecule has 0 unspecified atom stereocenters. The molecular formula is C28H26F4N6O2. The lowest BCUT2D eigenvalue weighted by molar-refractivity contribution is -0.138. The number of aromatic nitrogens is 4. The summed E-state index contributed by atoms with van der Waals surface area (Å²) in [5.41, 5.74) is -0.479. The number of rotatable bonds is 5. The van der Waals surface area contributed by atoms with Crippen LogP contribution in [0.15, 0.2) is 52.3 Å². The summed E-state index contributed by atoms with van der Waals surface area (Å²) in [6, 6.07) is 8.05. The monoisotopic (exact) mass is 554 g/mol. The minimum atomic E-state index is -4.83. The summed E-state index contributed by atoms with van der Waals surface area (Å²) >= 11 is 0. The minimum absolute atomic E-state index is 0.000893. The van der Waals surface area contributed by atoms with E-state index in [2.05, 4.69) is 20.7 Å². The second-order valence-electron chi connectivity index (χ2n) is 10.5. The Balaban J connectivity index is 1.22. The van der Waals surface area contributed by atoms with Crippen molar-refractivity contribution >= 4 is 16.5 Å². The lowest BCUT2D eigenvalue weighted by Gasteiger charge is -2.31. The van der Waals surface area contributed by atoms with Crippen LogP contribution in [-0.2, 0) is 25.8 Å². The fraction of sp³-hybridized carbons (Fsp3) is 0.357. The summed E-state index contributed by atoms with van der Waals surface area (Å²) in [6.07, 6.45) is 0.465. The molecule has 208 valence electrons. The van der Waals surface area contributed by atoms with Gasteiger partial charge >= 0.3 is 6.18 Å². The molecular weight excluding hydrogens is 528 g/mol. The van der Waals surface area contributed by atoms with Crippen molar-refractivity contribution in [2.45, 2.75) is 57.5 Å². The Hall–Kier alpha value is -4.06. The first kappa shape index (κ1) is 26.2. The number of aromatic amines is 1. The average Bonchev–Trinajstić information content (AvgIpc) is 3.38. The highest BCUT2D eigenvalue weighted by molar-refractivity contribution is 5.86. The molecule has 1 aromatic carbocycles. The van der Waals surface area contributed by atoms with Crippen molar-refractivity contribution in [3.8, 4) is 11.3 Å².